The van der Waals surface area contributed by atoms with Crippen LogP contribution in [-0.2, 0) is 9.53 Å². The van der Waals surface area contributed by atoms with E-state index in [0.717, 1.165) is 6.42 Å². The van der Waals surface area contributed by atoms with Crippen molar-refractivity contribution in [1.29, 1.82) is 0 Å². The molecule has 0 bridgehead atoms. The Morgan fingerprint density at radius 1 is 1.35 bits per heavy atom. The number of ether oxygens (including phenoxy) is 1. The van der Waals surface area contributed by atoms with Gasteiger partial charge in [0.15, 0.2) is 0 Å². The molecule has 1 fully saturated rings. The third-order valence-electron chi connectivity index (χ3n) is 2.33. The van der Waals surface area contributed by atoms with Crippen LogP contribution in [0.15, 0.2) is 0 Å². The van der Waals surface area contributed by atoms with E-state index in [1.807, 2.05) is 0 Å². The van der Waals surface area contributed by atoms with Gasteiger partial charge in [-0.3, -0.25) is 10.1 Å². The molecule has 3 unspecified atom stereocenters. The Hall–Kier alpha value is -1.30. The zero-order valence-corrected chi connectivity index (χ0v) is 10.6. The average molecular weight is 244 g/mol. The van der Waals surface area contributed by atoms with Crippen LogP contribution in [0.3, 0.4) is 0 Å². The van der Waals surface area contributed by atoms with Crippen LogP contribution in [0.25, 0.3) is 0 Å². The number of amides is 1. The Labute approximate surface area is 101 Å². The van der Waals surface area contributed by atoms with Crippen molar-refractivity contribution in [3.8, 4) is 0 Å². The molecule has 6 heteroatoms. The molecule has 6 nitrogen and oxygen atoms in total. The SMILES string of the molecule is CC(NC1CC1NC(=O)OC(C)(C)C)C(=O)O. The van der Waals surface area contributed by atoms with E-state index in [2.05, 4.69) is 10.6 Å². The maximum absolute atomic E-state index is 11.4. The van der Waals surface area contributed by atoms with Crippen LogP contribution in [0, 0.1) is 0 Å². The largest absolute Gasteiger partial charge is 0.480 e. The molecule has 3 atom stereocenters. The average Bonchev–Trinajstić information content (AvgIpc) is 2.79. The van der Waals surface area contributed by atoms with Crippen molar-refractivity contribution in [1.82, 2.24) is 10.6 Å². The van der Waals surface area contributed by atoms with E-state index in [0.29, 0.717) is 0 Å². The summed E-state index contributed by atoms with van der Waals surface area (Å²) in [7, 11) is 0. The minimum absolute atomic E-state index is 0.0219. The Morgan fingerprint density at radius 2 is 1.94 bits per heavy atom. The number of hydrogen-bond donors (Lipinski definition) is 3. The fourth-order valence-corrected chi connectivity index (χ4v) is 1.39. The normalized spacial score (nSPS) is 24.9. The van der Waals surface area contributed by atoms with Crippen LogP contribution in [-0.4, -0.2) is 40.9 Å². The van der Waals surface area contributed by atoms with Gasteiger partial charge in [-0.05, 0) is 34.1 Å². The molecule has 1 aliphatic carbocycles. The van der Waals surface area contributed by atoms with Gasteiger partial charge in [-0.2, -0.15) is 0 Å². The van der Waals surface area contributed by atoms with E-state index < -0.39 is 23.7 Å². The lowest BCUT2D eigenvalue weighted by Gasteiger charge is -2.19. The number of carbonyl (C=O) groups is 2. The summed E-state index contributed by atoms with van der Waals surface area (Å²) < 4.78 is 5.10. The standard InChI is InChI=1S/C11H20N2O4/c1-6(9(14)15)12-7-5-8(7)13-10(16)17-11(2,3)4/h6-8,12H,5H2,1-4H3,(H,13,16)(H,14,15). The van der Waals surface area contributed by atoms with Gasteiger partial charge in [0.25, 0.3) is 0 Å². The van der Waals surface area contributed by atoms with Crippen LogP contribution >= 0.6 is 0 Å². The topological polar surface area (TPSA) is 87.7 Å². The highest BCUT2D eigenvalue weighted by atomic mass is 16.6. The maximum atomic E-state index is 11.4. The first-order chi connectivity index (χ1) is 7.69. The van der Waals surface area contributed by atoms with E-state index in [1.54, 1.807) is 27.7 Å². The van der Waals surface area contributed by atoms with Crippen molar-refractivity contribution in [2.45, 2.75) is 57.8 Å². The van der Waals surface area contributed by atoms with Gasteiger partial charge in [0, 0.05) is 12.1 Å². The van der Waals surface area contributed by atoms with Crippen LogP contribution in [0.1, 0.15) is 34.1 Å². The van der Waals surface area contributed by atoms with Crippen molar-refractivity contribution in [3.05, 3.63) is 0 Å². The van der Waals surface area contributed by atoms with Gasteiger partial charge in [-0.1, -0.05) is 0 Å². The molecule has 98 valence electrons. The molecule has 0 aromatic carbocycles. The molecule has 0 heterocycles. The second-order valence-corrected chi connectivity index (χ2v) is 5.32. The third kappa shape index (κ3) is 5.04. The van der Waals surface area contributed by atoms with Gasteiger partial charge in [-0.15, -0.1) is 0 Å². The van der Waals surface area contributed by atoms with Crippen molar-refractivity contribution in [2.24, 2.45) is 0 Å². The predicted molar refractivity (Wildman–Crippen MR) is 61.8 cm³/mol. The minimum atomic E-state index is -0.895. The molecule has 0 aromatic rings. The molecular formula is C11H20N2O4. The zero-order valence-electron chi connectivity index (χ0n) is 10.6. The lowest BCUT2D eigenvalue weighted by molar-refractivity contribution is -0.139. The fourth-order valence-electron chi connectivity index (χ4n) is 1.39. The first-order valence-corrected chi connectivity index (χ1v) is 5.67. The number of carbonyl (C=O) groups excluding carboxylic acids is 1. The number of aliphatic carboxylic acids is 1. The Kier molecular flexibility index (Phi) is 3.98. The van der Waals surface area contributed by atoms with Gasteiger partial charge in [0.05, 0.1) is 0 Å². The van der Waals surface area contributed by atoms with E-state index in [9.17, 15) is 9.59 Å². The lowest BCUT2D eigenvalue weighted by atomic mass is 10.2. The second-order valence-electron chi connectivity index (χ2n) is 5.32. The molecule has 1 aliphatic rings. The van der Waals surface area contributed by atoms with Gasteiger partial charge in [-0.25, -0.2) is 4.79 Å². The molecule has 17 heavy (non-hydrogen) atoms. The second kappa shape index (κ2) is 4.91. The number of nitrogens with one attached hydrogen (secondary N) is 2. The fraction of sp³-hybridized carbons (Fsp3) is 0.818. The summed E-state index contributed by atoms with van der Waals surface area (Å²) in [6.07, 6.45) is 0.270. The smallest absolute Gasteiger partial charge is 0.407 e. The van der Waals surface area contributed by atoms with Gasteiger partial charge >= 0.3 is 12.1 Å². The first-order valence-electron chi connectivity index (χ1n) is 5.67. The number of rotatable bonds is 4. The van der Waals surface area contributed by atoms with Gasteiger partial charge in [0.1, 0.15) is 11.6 Å². The van der Waals surface area contributed by atoms with E-state index in [4.69, 9.17) is 9.84 Å². The molecule has 0 spiro atoms. The maximum Gasteiger partial charge on any atom is 0.407 e. The van der Waals surface area contributed by atoms with Crippen LogP contribution in [0.4, 0.5) is 4.79 Å². The van der Waals surface area contributed by atoms with Crippen LogP contribution in [0.5, 0.6) is 0 Å². The van der Waals surface area contributed by atoms with Gasteiger partial charge < -0.3 is 15.2 Å². The predicted octanol–water partition coefficient (Wildman–Crippen LogP) is 0.715. The van der Waals surface area contributed by atoms with Crippen molar-refractivity contribution in [3.63, 3.8) is 0 Å². The van der Waals surface area contributed by atoms with E-state index >= 15 is 0 Å². The Balaban J connectivity index is 2.24. The summed E-state index contributed by atoms with van der Waals surface area (Å²) in [5, 5.41) is 14.3. The molecule has 0 saturated heterocycles. The quantitative estimate of drug-likeness (QED) is 0.678. The summed E-state index contributed by atoms with van der Waals surface area (Å²) in [5.74, 6) is -0.895. The molecular weight excluding hydrogens is 224 g/mol. The van der Waals surface area contributed by atoms with E-state index in [1.165, 1.54) is 0 Å². The van der Waals surface area contributed by atoms with Crippen molar-refractivity contribution >= 4 is 12.1 Å². The highest BCUT2D eigenvalue weighted by molar-refractivity contribution is 5.73. The molecule has 1 amide bonds. The number of alkyl carbamates (subject to hydrolysis) is 1. The molecule has 0 radical (unpaired) electrons. The summed E-state index contributed by atoms with van der Waals surface area (Å²) >= 11 is 0. The number of carboxylic acid groups (broad SMARTS) is 1. The van der Waals surface area contributed by atoms with Crippen molar-refractivity contribution < 1.29 is 19.4 Å². The molecule has 3 N–H and O–H groups in total. The van der Waals surface area contributed by atoms with Gasteiger partial charge in [0.2, 0.25) is 0 Å². The van der Waals surface area contributed by atoms with E-state index in [-0.39, 0.29) is 12.1 Å². The highest BCUT2D eigenvalue weighted by Crippen LogP contribution is 2.22. The lowest BCUT2D eigenvalue weighted by Crippen LogP contribution is -2.40. The summed E-state index contributed by atoms with van der Waals surface area (Å²) in [6.45, 7) is 6.95. The Bertz CT molecular complexity index is 311. The summed E-state index contributed by atoms with van der Waals surface area (Å²) in [4.78, 5) is 22.0. The monoisotopic (exact) mass is 244 g/mol. The summed E-state index contributed by atoms with van der Waals surface area (Å²) in [5.41, 5.74) is -0.518. The summed E-state index contributed by atoms with van der Waals surface area (Å²) in [6, 6.07) is -0.620. The first kappa shape index (κ1) is 13.8. The van der Waals surface area contributed by atoms with Crippen LogP contribution in [0.2, 0.25) is 0 Å². The number of carboxylic acids is 1. The third-order valence-corrected chi connectivity index (χ3v) is 2.33. The minimum Gasteiger partial charge on any atom is -0.480 e. The number of hydrogen-bond acceptors (Lipinski definition) is 4. The molecule has 1 rings (SSSR count). The van der Waals surface area contributed by atoms with Crippen LogP contribution < -0.4 is 10.6 Å². The Morgan fingerprint density at radius 3 is 2.41 bits per heavy atom. The van der Waals surface area contributed by atoms with Crippen molar-refractivity contribution in [2.75, 3.05) is 0 Å². The molecule has 1 saturated carbocycles. The molecule has 0 aliphatic heterocycles. The highest BCUT2D eigenvalue weighted by Gasteiger charge is 2.40. The molecule has 0 aromatic heterocycles. The zero-order chi connectivity index (χ0) is 13.2.